The van der Waals surface area contributed by atoms with Crippen molar-refractivity contribution in [3.63, 3.8) is 0 Å². The molecule has 0 aliphatic carbocycles. The van der Waals surface area contributed by atoms with Gasteiger partial charge in [-0.2, -0.15) is 5.10 Å². The number of thioether (sulfide) groups is 2. The molecule has 0 unspecified atom stereocenters. The second-order valence-corrected chi connectivity index (χ2v) is 10.6. The molecule has 0 aliphatic heterocycles. The number of carbonyl (C=O) groups excluding carboxylic acids is 1. The molecule has 1 heterocycles. The van der Waals surface area contributed by atoms with Gasteiger partial charge in [-0.1, -0.05) is 111 Å². The van der Waals surface area contributed by atoms with Gasteiger partial charge in [-0.05, 0) is 22.4 Å². The van der Waals surface area contributed by atoms with Crippen molar-refractivity contribution in [3.8, 4) is 0 Å². The van der Waals surface area contributed by atoms with Gasteiger partial charge in [-0.15, -0.1) is 10.2 Å². The van der Waals surface area contributed by atoms with E-state index in [9.17, 15) is 4.79 Å². The number of hydrazone groups is 1. The van der Waals surface area contributed by atoms with E-state index in [1.165, 1.54) is 39.4 Å². The minimum atomic E-state index is -0.187. The Balaban J connectivity index is 1.26. The average molecular weight is 530 g/mol. The lowest BCUT2D eigenvalue weighted by Crippen LogP contribution is -2.19. The fourth-order valence-electron chi connectivity index (χ4n) is 2.78. The van der Waals surface area contributed by atoms with Crippen LogP contribution in [0.3, 0.4) is 0 Å². The van der Waals surface area contributed by atoms with Gasteiger partial charge in [0.2, 0.25) is 0 Å². The molecule has 156 valence electrons. The molecule has 0 saturated carbocycles. The summed E-state index contributed by atoms with van der Waals surface area (Å²) in [5.41, 5.74) is 4.71. The van der Waals surface area contributed by atoms with Crippen LogP contribution in [0.15, 0.2) is 85.0 Å². The highest BCUT2D eigenvalue weighted by molar-refractivity contribution is 9.10. The third kappa shape index (κ3) is 6.16. The van der Waals surface area contributed by atoms with Gasteiger partial charge >= 0.3 is 0 Å². The molecule has 0 bridgehead atoms. The molecular formula is C22H17BrN4OS3. The van der Waals surface area contributed by atoms with E-state index in [4.69, 9.17) is 0 Å². The van der Waals surface area contributed by atoms with Crippen molar-refractivity contribution in [1.82, 2.24) is 15.6 Å². The maximum atomic E-state index is 12.0. The zero-order chi connectivity index (χ0) is 21.5. The van der Waals surface area contributed by atoms with E-state index >= 15 is 0 Å². The number of nitrogens with zero attached hydrogens (tertiary/aromatic N) is 3. The Hall–Kier alpha value is -2.20. The molecule has 1 amide bonds. The molecule has 9 heteroatoms. The summed E-state index contributed by atoms with van der Waals surface area (Å²) in [6.45, 7) is 0. The topological polar surface area (TPSA) is 67.2 Å². The van der Waals surface area contributed by atoms with Gasteiger partial charge in [-0.3, -0.25) is 4.79 Å². The molecule has 0 radical (unpaired) electrons. The Morgan fingerprint density at radius 3 is 2.61 bits per heavy atom. The van der Waals surface area contributed by atoms with Gasteiger partial charge in [0.25, 0.3) is 5.91 Å². The van der Waals surface area contributed by atoms with E-state index in [2.05, 4.69) is 79.1 Å². The van der Waals surface area contributed by atoms with Crippen LogP contribution >= 0.6 is 50.8 Å². The predicted molar refractivity (Wildman–Crippen MR) is 134 cm³/mol. The number of aromatic nitrogens is 2. The van der Waals surface area contributed by atoms with Crippen molar-refractivity contribution in [3.05, 3.63) is 82.3 Å². The highest BCUT2D eigenvalue weighted by atomic mass is 79.9. The fraction of sp³-hybridized carbons (Fsp3) is 0.0909. The number of hydrogen-bond donors (Lipinski definition) is 1. The van der Waals surface area contributed by atoms with E-state index in [-0.39, 0.29) is 11.7 Å². The smallest absolute Gasteiger partial charge is 0.250 e. The van der Waals surface area contributed by atoms with E-state index in [1.54, 1.807) is 18.0 Å². The molecule has 1 N–H and O–H groups in total. The van der Waals surface area contributed by atoms with Gasteiger partial charge in [0, 0.05) is 15.8 Å². The summed E-state index contributed by atoms with van der Waals surface area (Å²) >= 11 is 7.96. The van der Waals surface area contributed by atoms with Crippen molar-refractivity contribution in [2.45, 2.75) is 14.4 Å². The molecular weight excluding hydrogens is 512 g/mol. The number of hydrogen-bond acceptors (Lipinski definition) is 7. The lowest BCUT2D eigenvalue weighted by atomic mass is 10.1. The van der Waals surface area contributed by atoms with Gasteiger partial charge in [-0.25, -0.2) is 5.43 Å². The summed E-state index contributed by atoms with van der Waals surface area (Å²) in [6.07, 6.45) is 1.61. The van der Waals surface area contributed by atoms with Crippen molar-refractivity contribution < 1.29 is 4.79 Å². The number of nitrogens with one attached hydrogen (secondary N) is 1. The number of rotatable bonds is 8. The van der Waals surface area contributed by atoms with E-state index in [1.807, 2.05) is 24.3 Å². The van der Waals surface area contributed by atoms with Crippen LogP contribution in [0.1, 0.15) is 11.1 Å². The first-order valence-corrected chi connectivity index (χ1v) is 12.9. The van der Waals surface area contributed by atoms with Crippen molar-refractivity contribution >= 4 is 73.7 Å². The monoisotopic (exact) mass is 528 g/mol. The second-order valence-electron chi connectivity index (χ2n) is 6.36. The van der Waals surface area contributed by atoms with Crippen LogP contribution in [-0.4, -0.2) is 28.1 Å². The SMILES string of the molecule is O=C(CSc1nnc(SCc2cccc3ccccc23)s1)N/N=C/c1ccccc1Br. The average Bonchev–Trinajstić information content (AvgIpc) is 3.25. The first-order chi connectivity index (χ1) is 15.2. The molecule has 4 rings (SSSR count). The van der Waals surface area contributed by atoms with Crippen LogP contribution in [0.4, 0.5) is 0 Å². The maximum Gasteiger partial charge on any atom is 0.250 e. The number of amides is 1. The lowest BCUT2D eigenvalue weighted by Gasteiger charge is -2.04. The summed E-state index contributed by atoms with van der Waals surface area (Å²) < 4.78 is 2.58. The molecule has 4 aromatic rings. The highest BCUT2D eigenvalue weighted by Gasteiger charge is 2.09. The summed E-state index contributed by atoms with van der Waals surface area (Å²) in [5, 5.41) is 14.9. The minimum absolute atomic E-state index is 0.187. The van der Waals surface area contributed by atoms with E-state index in [0.29, 0.717) is 0 Å². The van der Waals surface area contributed by atoms with Crippen LogP contribution in [-0.2, 0) is 10.5 Å². The zero-order valence-corrected chi connectivity index (χ0v) is 20.2. The Bertz CT molecular complexity index is 1220. The van der Waals surface area contributed by atoms with Gasteiger partial charge in [0.15, 0.2) is 8.68 Å². The third-order valence-corrected chi connectivity index (χ3v) is 8.20. The summed E-state index contributed by atoms with van der Waals surface area (Å²) in [6, 6.07) is 22.4. The first-order valence-electron chi connectivity index (χ1n) is 9.31. The summed E-state index contributed by atoms with van der Waals surface area (Å²) in [5.74, 6) is 0.870. The standard InChI is InChI=1S/C22H17BrN4OS3/c23-19-11-4-2-7-16(19)12-24-25-20(28)14-30-22-27-26-21(31-22)29-13-17-9-5-8-15-6-1-3-10-18(15)17/h1-12H,13-14H2,(H,25,28)/b24-12+. The van der Waals surface area contributed by atoms with Crippen LogP contribution in [0.5, 0.6) is 0 Å². The molecule has 31 heavy (non-hydrogen) atoms. The summed E-state index contributed by atoms with van der Waals surface area (Å²) in [4.78, 5) is 12.0. The lowest BCUT2D eigenvalue weighted by molar-refractivity contribution is -0.118. The van der Waals surface area contributed by atoms with Gasteiger partial charge < -0.3 is 0 Å². The Labute approximate surface area is 200 Å². The third-order valence-electron chi connectivity index (χ3n) is 4.24. The number of fused-ring (bicyclic) bond motifs is 1. The van der Waals surface area contributed by atoms with Crippen LogP contribution in [0, 0.1) is 0 Å². The van der Waals surface area contributed by atoms with Gasteiger partial charge in [0.1, 0.15) is 0 Å². The molecule has 0 atom stereocenters. The van der Waals surface area contributed by atoms with Crippen molar-refractivity contribution in [2.75, 3.05) is 5.75 Å². The van der Waals surface area contributed by atoms with E-state index in [0.717, 1.165) is 24.5 Å². The van der Waals surface area contributed by atoms with Crippen molar-refractivity contribution in [1.29, 1.82) is 0 Å². The molecule has 0 saturated heterocycles. The molecule has 3 aromatic carbocycles. The highest BCUT2D eigenvalue weighted by Crippen LogP contribution is 2.32. The second kappa shape index (κ2) is 10.9. The molecule has 0 aliphatic rings. The maximum absolute atomic E-state index is 12.0. The first kappa shape index (κ1) is 22.0. The normalized spacial score (nSPS) is 11.3. The summed E-state index contributed by atoms with van der Waals surface area (Å²) in [7, 11) is 0. The Kier molecular flexibility index (Phi) is 7.74. The number of halogens is 1. The van der Waals surface area contributed by atoms with Crippen LogP contribution < -0.4 is 5.43 Å². The van der Waals surface area contributed by atoms with Crippen LogP contribution in [0.25, 0.3) is 10.8 Å². The molecule has 0 spiro atoms. The number of benzene rings is 3. The number of carbonyl (C=O) groups is 1. The quantitative estimate of drug-likeness (QED) is 0.173. The molecule has 0 fully saturated rings. The largest absolute Gasteiger partial charge is 0.272 e. The molecule has 1 aromatic heterocycles. The fourth-order valence-corrected chi connectivity index (χ4v) is 5.99. The van der Waals surface area contributed by atoms with Gasteiger partial charge in [0.05, 0.1) is 12.0 Å². The van der Waals surface area contributed by atoms with Crippen molar-refractivity contribution in [2.24, 2.45) is 5.10 Å². The predicted octanol–water partition coefficient (Wildman–Crippen LogP) is 5.99. The van der Waals surface area contributed by atoms with E-state index < -0.39 is 0 Å². The minimum Gasteiger partial charge on any atom is -0.272 e. The Morgan fingerprint density at radius 1 is 1.00 bits per heavy atom. The Morgan fingerprint density at radius 2 is 1.74 bits per heavy atom. The zero-order valence-electron chi connectivity index (χ0n) is 16.2. The van der Waals surface area contributed by atoms with Crippen LogP contribution in [0.2, 0.25) is 0 Å². The molecule has 5 nitrogen and oxygen atoms in total.